The summed E-state index contributed by atoms with van der Waals surface area (Å²) in [6.07, 6.45) is 1.04. The van der Waals surface area contributed by atoms with Gasteiger partial charge >= 0.3 is 0 Å². The number of nitrogens with zero attached hydrogens (tertiary/aromatic N) is 1. The van der Waals surface area contributed by atoms with Crippen molar-refractivity contribution in [2.45, 2.75) is 11.8 Å². The van der Waals surface area contributed by atoms with Gasteiger partial charge in [0.05, 0.1) is 15.5 Å². The maximum absolute atomic E-state index is 12.2. The predicted molar refractivity (Wildman–Crippen MR) is 84.6 cm³/mol. The molecule has 0 aliphatic rings. The molecule has 1 N–H and O–H groups in total. The molecule has 2 rings (SSSR count). The molecule has 0 unspecified atom stereocenters. The zero-order valence-electron chi connectivity index (χ0n) is 11.6. The van der Waals surface area contributed by atoms with Crippen molar-refractivity contribution in [2.75, 3.05) is 11.6 Å². The van der Waals surface area contributed by atoms with Crippen LogP contribution >= 0.6 is 22.9 Å². The molecule has 0 aliphatic heterocycles. The van der Waals surface area contributed by atoms with Crippen LogP contribution in [0.25, 0.3) is 0 Å². The van der Waals surface area contributed by atoms with Crippen molar-refractivity contribution in [3.8, 4) is 0 Å². The third kappa shape index (κ3) is 3.70. The Morgan fingerprint density at radius 1 is 1.32 bits per heavy atom. The van der Waals surface area contributed by atoms with Crippen LogP contribution in [0.3, 0.4) is 0 Å². The Morgan fingerprint density at radius 3 is 2.55 bits per heavy atom. The summed E-state index contributed by atoms with van der Waals surface area (Å²) >= 11 is 7.03. The molecule has 9 heteroatoms. The average molecular weight is 359 g/mol. The summed E-state index contributed by atoms with van der Waals surface area (Å²) in [6, 6.07) is 3.87. The minimum absolute atomic E-state index is 0.00869. The number of sulfone groups is 1. The molecule has 0 bridgehead atoms. The zero-order chi connectivity index (χ0) is 16.5. The highest BCUT2D eigenvalue weighted by molar-refractivity contribution is 7.90. The molecule has 0 saturated heterocycles. The molecule has 1 heterocycles. The lowest BCUT2D eigenvalue weighted by Gasteiger charge is -2.06. The topological polar surface area (TPSA) is 93.2 Å². The van der Waals surface area contributed by atoms with Crippen molar-refractivity contribution in [2.24, 2.45) is 0 Å². The van der Waals surface area contributed by atoms with Gasteiger partial charge < -0.3 is 0 Å². The summed E-state index contributed by atoms with van der Waals surface area (Å²) < 4.78 is 23.1. The fourth-order valence-electron chi connectivity index (χ4n) is 1.57. The lowest BCUT2D eigenvalue weighted by atomic mass is 10.2. The fourth-order valence-corrected chi connectivity index (χ4v) is 3.16. The standard InChI is InChI=1S/C13H11ClN2O4S2/c1-7(17)11-6-21-13(15-11)16-12(18)9-5-8(22(2,19)20)3-4-10(9)14/h3-6H,1-2H3,(H,15,16,18). The Balaban J connectivity index is 2.30. The van der Waals surface area contributed by atoms with Crippen LogP contribution in [-0.4, -0.2) is 31.3 Å². The van der Waals surface area contributed by atoms with Gasteiger partial charge in [-0.1, -0.05) is 11.6 Å². The van der Waals surface area contributed by atoms with Crippen LogP contribution in [0.1, 0.15) is 27.8 Å². The van der Waals surface area contributed by atoms with Crippen LogP contribution < -0.4 is 5.32 Å². The van der Waals surface area contributed by atoms with Gasteiger partial charge in [-0.05, 0) is 18.2 Å². The van der Waals surface area contributed by atoms with Crippen LogP contribution in [0.15, 0.2) is 28.5 Å². The Kier molecular flexibility index (Phi) is 4.64. The molecule has 0 radical (unpaired) electrons. The molecule has 116 valence electrons. The van der Waals surface area contributed by atoms with Crippen molar-refractivity contribution in [3.63, 3.8) is 0 Å². The summed E-state index contributed by atoms with van der Waals surface area (Å²) in [5.41, 5.74) is 0.264. The first kappa shape index (κ1) is 16.6. The molecule has 1 aromatic heterocycles. The van der Waals surface area contributed by atoms with Gasteiger partial charge in [0.2, 0.25) is 0 Å². The van der Waals surface area contributed by atoms with Crippen molar-refractivity contribution in [1.82, 2.24) is 4.98 Å². The number of nitrogens with one attached hydrogen (secondary N) is 1. The van der Waals surface area contributed by atoms with E-state index in [0.717, 1.165) is 17.6 Å². The Hall–Kier alpha value is -1.77. The molecule has 0 saturated carbocycles. The van der Waals surface area contributed by atoms with Gasteiger partial charge in [0.15, 0.2) is 20.8 Å². The summed E-state index contributed by atoms with van der Waals surface area (Å²) in [4.78, 5) is 27.3. The van der Waals surface area contributed by atoms with Crippen LogP contribution in [-0.2, 0) is 9.84 Å². The number of hydrogen-bond acceptors (Lipinski definition) is 6. The van der Waals surface area contributed by atoms with E-state index in [1.807, 2.05) is 0 Å². The highest BCUT2D eigenvalue weighted by atomic mass is 35.5. The number of carbonyl (C=O) groups excluding carboxylic acids is 2. The Labute approximate surface area is 136 Å². The highest BCUT2D eigenvalue weighted by Gasteiger charge is 2.17. The number of halogens is 1. The van der Waals surface area contributed by atoms with E-state index in [2.05, 4.69) is 10.3 Å². The first-order valence-corrected chi connectivity index (χ1v) is 9.11. The van der Waals surface area contributed by atoms with Gasteiger partial charge in [0.1, 0.15) is 5.69 Å². The van der Waals surface area contributed by atoms with Gasteiger partial charge in [-0.15, -0.1) is 11.3 Å². The first-order chi connectivity index (χ1) is 10.2. The van der Waals surface area contributed by atoms with E-state index in [4.69, 9.17) is 11.6 Å². The number of ketones is 1. The zero-order valence-corrected chi connectivity index (χ0v) is 14.0. The van der Waals surface area contributed by atoms with Crippen LogP contribution in [0, 0.1) is 0 Å². The highest BCUT2D eigenvalue weighted by Crippen LogP contribution is 2.23. The molecule has 1 amide bonds. The van der Waals surface area contributed by atoms with E-state index >= 15 is 0 Å². The average Bonchev–Trinajstić information content (AvgIpc) is 2.86. The third-order valence-electron chi connectivity index (χ3n) is 2.70. The smallest absolute Gasteiger partial charge is 0.259 e. The van der Waals surface area contributed by atoms with Crippen molar-refractivity contribution in [3.05, 3.63) is 39.9 Å². The predicted octanol–water partition coefficient (Wildman–Crippen LogP) is 2.65. The molecule has 1 aromatic carbocycles. The SMILES string of the molecule is CC(=O)c1csc(NC(=O)c2cc(S(C)(=O)=O)ccc2Cl)n1. The van der Waals surface area contributed by atoms with Crippen LogP contribution in [0.2, 0.25) is 5.02 Å². The second-order valence-corrected chi connectivity index (χ2v) is 7.74. The van der Waals surface area contributed by atoms with E-state index in [1.165, 1.54) is 30.5 Å². The summed E-state index contributed by atoms with van der Waals surface area (Å²) in [5, 5.41) is 4.36. The number of thiazole rings is 1. The van der Waals surface area contributed by atoms with Crippen molar-refractivity contribution < 1.29 is 18.0 Å². The third-order valence-corrected chi connectivity index (χ3v) is 4.89. The molecule has 0 aliphatic carbocycles. The van der Waals surface area contributed by atoms with Gasteiger partial charge in [0.25, 0.3) is 5.91 Å². The maximum Gasteiger partial charge on any atom is 0.259 e. The lowest BCUT2D eigenvalue weighted by Crippen LogP contribution is -2.13. The van der Waals surface area contributed by atoms with Gasteiger partial charge in [-0.3, -0.25) is 14.9 Å². The van der Waals surface area contributed by atoms with E-state index in [1.54, 1.807) is 0 Å². The number of benzene rings is 1. The number of anilines is 1. The number of carbonyl (C=O) groups is 2. The number of Topliss-reactive ketones (excluding diaryl/α,β-unsaturated/α-hetero) is 1. The van der Waals surface area contributed by atoms with E-state index in [-0.39, 0.29) is 32.1 Å². The summed E-state index contributed by atoms with van der Waals surface area (Å²) in [6.45, 7) is 1.37. The number of hydrogen-bond donors (Lipinski definition) is 1. The Morgan fingerprint density at radius 2 is 2.00 bits per heavy atom. The lowest BCUT2D eigenvalue weighted by molar-refractivity contribution is 0.100. The van der Waals surface area contributed by atoms with Crippen molar-refractivity contribution >= 4 is 49.6 Å². The molecule has 0 spiro atoms. The second-order valence-electron chi connectivity index (χ2n) is 4.46. The number of aromatic nitrogens is 1. The quantitative estimate of drug-likeness (QED) is 0.848. The molecule has 2 aromatic rings. The normalized spacial score (nSPS) is 11.2. The van der Waals surface area contributed by atoms with Gasteiger partial charge in [0, 0.05) is 18.6 Å². The largest absolute Gasteiger partial charge is 0.298 e. The van der Waals surface area contributed by atoms with Gasteiger partial charge in [-0.2, -0.15) is 0 Å². The summed E-state index contributed by atoms with van der Waals surface area (Å²) in [5.74, 6) is -0.811. The number of rotatable bonds is 4. The van der Waals surface area contributed by atoms with Gasteiger partial charge in [-0.25, -0.2) is 13.4 Å². The first-order valence-electron chi connectivity index (χ1n) is 5.96. The molecular formula is C13H11ClN2O4S2. The fraction of sp³-hybridized carbons (Fsp3) is 0.154. The van der Waals surface area contributed by atoms with E-state index in [9.17, 15) is 18.0 Å². The Bertz CT molecular complexity index is 859. The molecule has 22 heavy (non-hydrogen) atoms. The number of amides is 1. The minimum atomic E-state index is -3.45. The van der Waals surface area contributed by atoms with Crippen LogP contribution in [0.4, 0.5) is 5.13 Å². The maximum atomic E-state index is 12.2. The second kappa shape index (κ2) is 6.15. The van der Waals surface area contributed by atoms with Crippen LogP contribution in [0.5, 0.6) is 0 Å². The molecule has 6 nitrogen and oxygen atoms in total. The van der Waals surface area contributed by atoms with E-state index < -0.39 is 15.7 Å². The van der Waals surface area contributed by atoms with E-state index in [0.29, 0.717) is 0 Å². The molecular weight excluding hydrogens is 348 g/mol. The monoisotopic (exact) mass is 358 g/mol. The summed E-state index contributed by atoms with van der Waals surface area (Å²) in [7, 11) is -3.45. The van der Waals surface area contributed by atoms with Crippen molar-refractivity contribution in [1.29, 1.82) is 0 Å². The molecule has 0 fully saturated rings. The minimum Gasteiger partial charge on any atom is -0.298 e. The molecule has 0 atom stereocenters.